The number of carboxylic acids is 1. The van der Waals surface area contributed by atoms with E-state index in [9.17, 15) is 37.1 Å². The van der Waals surface area contributed by atoms with Gasteiger partial charge >= 0.3 is 12.3 Å². The molecule has 3 N–H and O–H groups in total. The molecule has 1 heterocycles. The number of rotatable bonds is 5. The van der Waals surface area contributed by atoms with Gasteiger partial charge in [-0.15, -0.1) is 13.2 Å². The molecule has 0 radical (unpaired) electrons. The van der Waals surface area contributed by atoms with Crippen LogP contribution in [0, 0.1) is 12.7 Å². The van der Waals surface area contributed by atoms with Crippen molar-refractivity contribution in [3.63, 3.8) is 0 Å². The Morgan fingerprint density at radius 3 is 2.34 bits per heavy atom. The van der Waals surface area contributed by atoms with E-state index in [-0.39, 0.29) is 16.7 Å². The van der Waals surface area contributed by atoms with Crippen LogP contribution in [-0.4, -0.2) is 29.3 Å². The molecule has 2 aromatic carbocycles. The Labute approximate surface area is 178 Å². The van der Waals surface area contributed by atoms with E-state index in [1.165, 1.54) is 19.1 Å². The number of primary amides is 1. The van der Waals surface area contributed by atoms with E-state index in [1.54, 1.807) is 0 Å². The van der Waals surface area contributed by atoms with Crippen LogP contribution in [0.3, 0.4) is 0 Å². The van der Waals surface area contributed by atoms with Gasteiger partial charge in [0.25, 0.3) is 0 Å². The first-order valence-electron chi connectivity index (χ1n) is 9.10. The Kier molecular flexibility index (Phi) is 5.93. The topological polar surface area (TPSA) is 110 Å². The first-order valence-corrected chi connectivity index (χ1v) is 9.10. The van der Waals surface area contributed by atoms with Gasteiger partial charge in [-0.3, -0.25) is 14.5 Å². The second-order valence-electron chi connectivity index (χ2n) is 7.01. The number of halogens is 4. The molecule has 0 aromatic heterocycles. The maximum absolute atomic E-state index is 13.2. The fourth-order valence-corrected chi connectivity index (χ4v) is 3.42. The number of aliphatic carboxylic acids is 1. The lowest BCUT2D eigenvalue weighted by Crippen LogP contribution is -2.35. The summed E-state index contributed by atoms with van der Waals surface area (Å²) in [6.07, 6.45) is -4.68. The molecule has 0 saturated heterocycles. The van der Waals surface area contributed by atoms with Gasteiger partial charge in [-0.2, -0.15) is 0 Å². The Bertz CT molecular complexity index is 1130. The number of nitrogens with zero attached hydrogens (tertiary/aromatic N) is 1. The summed E-state index contributed by atoms with van der Waals surface area (Å²) in [7, 11) is 0. The van der Waals surface area contributed by atoms with Crippen LogP contribution in [0.5, 0.6) is 5.75 Å². The average molecular weight is 452 g/mol. The van der Waals surface area contributed by atoms with Crippen molar-refractivity contribution >= 4 is 23.5 Å². The predicted molar refractivity (Wildman–Crippen MR) is 103 cm³/mol. The molecular formula is C21H16F4N2O5. The largest absolute Gasteiger partial charge is 0.573 e. The lowest BCUT2D eigenvalue weighted by molar-refractivity contribution is -0.274. The second-order valence-corrected chi connectivity index (χ2v) is 7.01. The molecule has 32 heavy (non-hydrogen) atoms. The molecule has 0 bridgehead atoms. The van der Waals surface area contributed by atoms with Crippen molar-refractivity contribution in [3.8, 4) is 5.75 Å². The first kappa shape index (κ1) is 22.8. The number of nitrogens with two attached hydrogens (primary N) is 1. The van der Waals surface area contributed by atoms with Crippen LogP contribution in [0.2, 0.25) is 0 Å². The lowest BCUT2D eigenvalue weighted by Gasteiger charge is -2.31. The summed E-state index contributed by atoms with van der Waals surface area (Å²) in [5.74, 6) is -5.56. The van der Waals surface area contributed by atoms with E-state index in [0.29, 0.717) is 5.56 Å². The van der Waals surface area contributed by atoms with E-state index < -0.39 is 53.7 Å². The normalized spacial score (nSPS) is 16.5. The first-order chi connectivity index (χ1) is 14.9. The molecular weight excluding hydrogens is 436 g/mol. The zero-order valence-electron chi connectivity index (χ0n) is 16.4. The van der Waals surface area contributed by atoms with Crippen molar-refractivity contribution in [2.75, 3.05) is 4.90 Å². The molecule has 2 amide bonds. The number of benzene rings is 2. The maximum Gasteiger partial charge on any atom is 0.573 e. The van der Waals surface area contributed by atoms with Crippen LogP contribution in [0.1, 0.15) is 33.8 Å². The molecule has 0 saturated carbocycles. The standard InChI is InChI=1S/C21H16F4N2O5/c1-10-6-16(17(32-21(23,24)25)7-13(10)19(26)29)27-9-15(20(30)31)14(8-18(27)28)11-2-4-12(22)5-3-11/h2-7,9,14H,8H2,1H3,(H2,26,29)(H,30,31). The van der Waals surface area contributed by atoms with Crippen molar-refractivity contribution in [2.24, 2.45) is 5.73 Å². The quantitative estimate of drug-likeness (QED) is 0.674. The Balaban J connectivity index is 2.15. The van der Waals surface area contributed by atoms with Gasteiger partial charge in [0.05, 0.1) is 11.3 Å². The highest BCUT2D eigenvalue weighted by Crippen LogP contribution is 2.40. The number of anilines is 1. The summed E-state index contributed by atoms with van der Waals surface area (Å²) in [6, 6.07) is 6.68. The smallest absolute Gasteiger partial charge is 0.478 e. The van der Waals surface area contributed by atoms with Gasteiger partial charge in [0.15, 0.2) is 5.75 Å². The molecule has 0 fully saturated rings. The van der Waals surface area contributed by atoms with Crippen molar-refractivity contribution in [1.82, 2.24) is 0 Å². The van der Waals surface area contributed by atoms with Crippen molar-refractivity contribution in [3.05, 3.63) is 70.7 Å². The van der Waals surface area contributed by atoms with E-state index in [0.717, 1.165) is 35.4 Å². The average Bonchev–Trinajstić information content (AvgIpc) is 2.68. The third-order valence-corrected chi connectivity index (χ3v) is 4.87. The van der Waals surface area contributed by atoms with Crippen LogP contribution >= 0.6 is 0 Å². The zero-order valence-corrected chi connectivity index (χ0v) is 16.4. The molecule has 168 valence electrons. The van der Waals surface area contributed by atoms with Gasteiger partial charge in [0.1, 0.15) is 5.82 Å². The molecule has 1 aliphatic heterocycles. The number of carbonyl (C=O) groups excluding carboxylic acids is 2. The lowest BCUT2D eigenvalue weighted by atomic mass is 9.85. The van der Waals surface area contributed by atoms with Crippen LogP contribution in [0.15, 0.2) is 48.2 Å². The summed E-state index contributed by atoms with van der Waals surface area (Å²) in [6.45, 7) is 1.39. The number of carboxylic acid groups (broad SMARTS) is 1. The van der Waals surface area contributed by atoms with Gasteiger partial charge in [-0.25, -0.2) is 9.18 Å². The number of alkyl halides is 3. The van der Waals surface area contributed by atoms with E-state index in [4.69, 9.17) is 5.73 Å². The molecule has 0 aliphatic carbocycles. The van der Waals surface area contributed by atoms with Gasteiger partial charge in [0, 0.05) is 24.1 Å². The number of hydrogen-bond acceptors (Lipinski definition) is 4. The Morgan fingerprint density at radius 1 is 1.19 bits per heavy atom. The molecule has 2 aromatic rings. The fourth-order valence-electron chi connectivity index (χ4n) is 3.42. The van der Waals surface area contributed by atoms with Crippen molar-refractivity contribution < 1.29 is 41.8 Å². The summed E-state index contributed by atoms with van der Waals surface area (Å²) in [5, 5.41) is 9.65. The van der Waals surface area contributed by atoms with Crippen molar-refractivity contribution in [1.29, 1.82) is 0 Å². The molecule has 3 rings (SSSR count). The van der Waals surface area contributed by atoms with Crippen molar-refractivity contribution in [2.45, 2.75) is 25.6 Å². The highest BCUT2D eigenvalue weighted by molar-refractivity contribution is 6.04. The minimum absolute atomic E-state index is 0.153. The zero-order chi connectivity index (χ0) is 23.8. The summed E-state index contributed by atoms with van der Waals surface area (Å²) in [5.41, 5.74) is 4.71. The van der Waals surface area contributed by atoms with E-state index in [1.807, 2.05) is 0 Å². The maximum atomic E-state index is 13.2. The van der Waals surface area contributed by atoms with Gasteiger partial charge in [-0.05, 0) is 42.3 Å². The highest BCUT2D eigenvalue weighted by atomic mass is 19.4. The van der Waals surface area contributed by atoms with Crippen LogP contribution in [0.4, 0.5) is 23.2 Å². The molecule has 0 spiro atoms. The molecule has 1 unspecified atom stereocenters. The number of hydrogen-bond donors (Lipinski definition) is 2. The predicted octanol–water partition coefficient (Wildman–Crippen LogP) is 3.62. The molecule has 1 atom stereocenters. The van der Waals surface area contributed by atoms with Gasteiger partial charge in [-0.1, -0.05) is 12.1 Å². The SMILES string of the molecule is Cc1cc(N2C=C(C(=O)O)C(c3ccc(F)cc3)CC2=O)c(OC(F)(F)F)cc1C(N)=O. The molecule has 7 nitrogen and oxygen atoms in total. The minimum atomic E-state index is -5.16. The van der Waals surface area contributed by atoms with Gasteiger partial charge < -0.3 is 15.6 Å². The summed E-state index contributed by atoms with van der Waals surface area (Å²) >= 11 is 0. The van der Waals surface area contributed by atoms with Gasteiger partial charge in [0.2, 0.25) is 11.8 Å². The van der Waals surface area contributed by atoms with E-state index in [2.05, 4.69) is 4.74 Å². The monoisotopic (exact) mass is 452 g/mol. The number of amides is 2. The van der Waals surface area contributed by atoms with Crippen LogP contribution in [0.25, 0.3) is 0 Å². The number of ether oxygens (including phenoxy) is 1. The molecule has 1 aliphatic rings. The fraction of sp³-hybridized carbons (Fsp3) is 0.190. The Hall–Kier alpha value is -3.89. The second kappa shape index (κ2) is 8.33. The Morgan fingerprint density at radius 2 is 1.81 bits per heavy atom. The summed E-state index contributed by atoms with van der Waals surface area (Å²) in [4.78, 5) is 37.0. The molecule has 11 heteroatoms. The van der Waals surface area contributed by atoms with E-state index >= 15 is 0 Å². The van der Waals surface area contributed by atoms with Crippen LogP contribution < -0.4 is 15.4 Å². The number of aryl methyl sites for hydroxylation is 1. The van der Waals surface area contributed by atoms with Crippen LogP contribution in [-0.2, 0) is 9.59 Å². The minimum Gasteiger partial charge on any atom is -0.478 e. The summed E-state index contributed by atoms with van der Waals surface area (Å²) < 4.78 is 56.1. The number of carbonyl (C=O) groups is 3. The third-order valence-electron chi connectivity index (χ3n) is 4.87. The third kappa shape index (κ3) is 4.71. The highest BCUT2D eigenvalue weighted by Gasteiger charge is 2.37.